The quantitative estimate of drug-likeness (QED) is 0.841. The number of carbonyl (C=O) groups excluding carboxylic acids is 1. The molecular formula is C16H28N2O3. The second-order valence-corrected chi connectivity index (χ2v) is 6.86. The first kappa shape index (κ1) is 16.1. The van der Waals surface area contributed by atoms with E-state index in [9.17, 15) is 14.7 Å². The zero-order chi connectivity index (χ0) is 15.5. The number of aliphatic carboxylic acids is 1. The maximum absolute atomic E-state index is 12.4. The number of amides is 2. The van der Waals surface area contributed by atoms with E-state index in [2.05, 4.69) is 19.2 Å². The van der Waals surface area contributed by atoms with Crippen molar-refractivity contribution in [2.45, 2.75) is 64.3 Å². The van der Waals surface area contributed by atoms with Gasteiger partial charge in [-0.2, -0.15) is 0 Å². The molecule has 2 fully saturated rings. The summed E-state index contributed by atoms with van der Waals surface area (Å²) in [4.78, 5) is 25.9. The van der Waals surface area contributed by atoms with Crippen LogP contribution in [0.1, 0.15) is 58.8 Å². The molecule has 0 aromatic heterocycles. The number of urea groups is 1. The highest BCUT2D eigenvalue weighted by Crippen LogP contribution is 2.33. The third-order valence-electron chi connectivity index (χ3n) is 5.23. The molecule has 1 heterocycles. The lowest BCUT2D eigenvalue weighted by atomic mass is 9.76. The molecule has 2 atom stereocenters. The Morgan fingerprint density at radius 1 is 1.29 bits per heavy atom. The van der Waals surface area contributed by atoms with Crippen LogP contribution in [0.25, 0.3) is 0 Å². The summed E-state index contributed by atoms with van der Waals surface area (Å²) in [5.41, 5.74) is -1.06. The van der Waals surface area contributed by atoms with E-state index in [1.165, 1.54) is 0 Å². The average Bonchev–Trinajstić information content (AvgIpc) is 2.47. The number of carboxylic acids is 1. The summed E-state index contributed by atoms with van der Waals surface area (Å²) >= 11 is 0. The van der Waals surface area contributed by atoms with Gasteiger partial charge in [-0.05, 0) is 37.5 Å². The van der Waals surface area contributed by atoms with Crippen molar-refractivity contribution >= 4 is 12.0 Å². The van der Waals surface area contributed by atoms with Gasteiger partial charge in [-0.1, -0.05) is 33.1 Å². The first-order chi connectivity index (χ1) is 9.97. The third kappa shape index (κ3) is 3.69. The molecule has 1 aliphatic carbocycles. The van der Waals surface area contributed by atoms with Crippen LogP contribution >= 0.6 is 0 Å². The summed E-state index contributed by atoms with van der Waals surface area (Å²) < 4.78 is 0. The molecule has 0 spiro atoms. The van der Waals surface area contributed by atoms with E-state index in [-0.39, 0.29) is 6.03 Å². The zero-order valence-electron chi connectivity index (χ0n) is 13.2. The van der Waals surface area contributed by atoms with E-state index >= 15 is 0 Å². The van der Waals surface area contributed by atoms with Gasteiger partial charge in [-0.15, -0.1) is 0 Å². The Labute approximate surface area is 127 Å². The lowest BCUT2D eigenvalue weighted by Gasteiger charge is -2.39. The highest BCUT2D eigenvalue weighted by molar-refractivity contribution is 5.86. The van der Waals surface area contributed by atoms with Crippen LogP contribution in [0.5, 0.6) is 0 Å². The van der Waals surface area contributed by atoms with Crippen LogP contribution < -0.4 is 5.32 Å². The Bertz CT molecular complexity index is 391. The van der Waals surface area contributed by atoms with Gasteiger partial charge in [0.25, 0.3) is 0 Å². The standard InChI is InChI=1S/C16H28N2O3/c1-3-13-6-9-18(10-7-13)15(21)17-16(14(19)20)8-4-5-12(2)11-16/h12-13H,3-11H2,1-2H3,(H,17,21)(H,19,20). The molecule has 1 saturated carbocycles. The summed E-state index contributed by atoms with van der Waals surface area (Å²) in [5.74, 6) is 0.170. The van der Waals surface area contributed by atoms with Gasteiger partial charge in [0.2, 0.25) is 0 Å². The van der Waals surface area contributed by atoms with Gasteiger partial charge in [0, 0.05) is 13.1 Å². The van der Waals surface area contributed by atoms with Gasteiger partial charge >= 0.3 is 12.0 Å². The van der Waals surface area contributed by atoms with Gasteiger partial charge in [0.05, 0.1) is 0 Å². The van der Waals surface area contributed by atoms with Crippen molar-refractivity contribution in [3.8, 4) is 0 Å². The Hall–Kier alpha value is -1.26. The molecule has 0 radical (unpaired) electrons. The topological polar surface area (TPSA) is 69.6 Å². The Balaban J connectivity index is 1.97. The van der Waals surface area contributed by atoms with Gasteiger partial charge in [-0.3, -0.25) is 0 Å². The van der Waals surface area contributed by atoms with Gasteiger partial charge in [0.1, 0.15) is 5.54 Å². The van der Waals surface area contributed by atoms with E-state index in [0.29, 0.717) is 24.7 Å². The minimum atomic E-state index is -1.06. The van der Waals surface area contributed by atoms with Crippen molar-refractivity contribution in [1.82, 2.24) is 10.2 Å². The summed E-state index contributed by atoms with van der Waals surface area (Å²) in [6.45, 7) is 5.74. The monoisotopic (exact) mass is 296 g/mol. The number of nitrogens with one attached hydrogen (secondary N) is 1. The molecule has 0 aromatic rings. The summed E-state index contributed by atoms with van der Waals surface area (Å²) in [6.07, 6.45) is 6.22. The molecule has 1 aliphatic heterocycles. The third-order valence-corrected chi connectivity index (χ3v) is 5.23. The van der Waals surface area contributed by atoms with E-state index in [1.54, 1.807) is 4.90 Å². The Morgan fingerprint density at radius 3 is 2.48 bits per heavy atom. The van der Waals surface area contributed by atoms with E-state index < -0.39 is 11.5 Å². The van der Waals surface area contributed by atoms with Crippen LogP contribution in [0.3, 0.4) is 0 Å². The predicted octanol–water partition coefficient (Wildman–Crippen LogP) is 2.85. The minimum absolute atomic E-state index is 0.193. The SMILES string of the molecule is CCC1CCN(C(=O)NC2(C(=O)O)CCCC(C)C2)CC1. The number of carbonyl (C=O) groups is 2. The summed E-state index contributed by atoms with van der Waals surface area (Å²) in [6, 6.07) is -0.193. The Kier molecular flexibility index (Phi) is 5.12. The maximum atomic E-state index is 12.4. The fraction of sp³-hybridized carbons (Fsp3) is 0.875. The predicted molar refractivity (Wildman–Crippen MR) is 81.1 cm³/mol. The fourth-order valence-electron chi connectivity index (χ4n) is 3.74. The smallest absolute Gasteiger partial charge is 0.329 e. The van der Waals surface area contributed by atoms with Crippen molar-refractivity contribution in [3.05, 3.63) is 0 Å². The average molecular weight is 296 g/mol. The molecule has 2 rings (SSSR count). The number of carboxylic acid groups (broad SMARTS) is 1. The molecule has 120 valence electrons. The fourth-order valence-corrected chi connectivity index (χ4v) is 3.74. The van der Waals surface area contributed by atoms with Gasteiger partial charge in [-0.25, -0.2) is 9.59 Å². The number of nitrogens with zero attached hydrogens (tertiary/aromatic N) is 1. The largest absolute Gasteiger partial charge is 0.480 e. The van der Waals surface area contributed by atoms with E-state index in [0.717, 1.165) is 45.2 Å². The second-order valence-electron chi connectivity index (χ2n) is 6.86. The van der Waals surface area contributed by atoms with Crippen molar-refractivity contribution in [1.29, 1.82) is 0 Å². The van der Waals surface area contributed by atoms with Crippen LogP contribution in [0.15, 0.2) is 0 Å². The van der Waals surface area contributed by atoms with E-state index in [4.69, 9.17) is 0 Å². The number of hydrogen-bond donors (Lipinski definition) is 2. The number of rotatable bonds is 3. The lowest BCUT2D eigenvalue weighted by Crippen LogP contribution is -2.60. The highest BCUT2D eigenvalue weighted by Gasteiger charge is 2.44. The molecule has 5 nitrogen and oxygen atoms in total. The van der Waals surface area contributed by atoms with Crippen molar-refractivity contribution < 1.29 is 14.7 Å². The molecule has 2 aliphatic rings. The lowest BCUT2D eigenvalue weighted by molar-refractivity contribution is -0.146. The first-order valence-corrected chi connectivity index (χ1v) is 8.27. The maximum Gasteiger partial charge on any atom is 0.329 e. The number of hydrogen-bond acceptors (Lipinski definition) is 2. The molecule has 5 heteroatoms. The van der Waals surface area contributed by atoms with Crippen LogP contribution in [0, 0.1) is 11.8 Å². The molecule has 2 unspecified atom stereocenters. The molecule has 2 N–H and O–H groups in total. The Morgan fingerprint density at radius 2 is 1.95 bits per heavy atom. The van der Waals surface area contributed by atoms with Crippen molar-refractivity contribution in [2.75, 3.05) is 13.1 Å². The van der Waals surface area contributed by atoms with Crippen LogP contribution in [-0.4, -0.2) is 40.6 Å². The summed E-state index contributed by atoms with van der Waals surface area (Å²) in [7, 11) is 0. The minimum Gasteiger partial charge on any atom is -0.480 e. The molecular weight excluding hydrogens is 268 g/mol. The summed E-state index contributed by atoms with van der Waals surface area (Å²) in [5, 5.41) is 12.5. The van der Waals surface area contributed by atoms with Gasteiger partial charge in [0.15, 0.2) is 0 Å². The normalized spacial score (nSPS) is 31.0. The number of likely N-dealkylation sites (tertiary alicyclic amines) is 1. The molecule has 21 heavy (non-hydrogen) atoms. The second kappa shape index (κ2) is 6.67. The molecule has 0 aromatic carbocycles. The molecule has 2 amide bonds. The van der Waals surface area contributed by atoms with Crippen LogP contribution in [0.4, 0.5) is 4.79 Å². The van der Waals surface area contributed by atoms with Crippen LogP contribution in [0.2, 0.25) is 0 Å². The van der Waals surface area contributed by atoms with E-state index in [1.807, 2.05) is 0 Å². The molecule has 1 saturated heterocycles. The van der Waals surface area contributed by atoms with Crippen molar-refractivity contribution in [2.24, 2.45) is 11.8 Å². The highest BCUT2D eigenvalue weighted by atomic mass is 16.4. The van der Waals surface area contributed by atoms with Crippen molar-refractivity contribution in [3.63, 3.8) is 0 Å². The number of piperidine rings is 1. The molecule has 0 bridgehead atoms. The van der Waals surface area contributed by atoms with Crippen LogP contribution in [-0.2, 0) is 4.79 Å². The zero-order valence-corrected chi connectivity index (χ0v) is 13.2. The first-order valence-electron chi connectivity index (χ1n) is 8.27. The van der Waals surface area contributed by atoms with Gasteiger partial charge < -0.3 is 15.3 Å².